The molecule has 1 N–H and O–H groups in total. The number of likely N-dealkylation sites (tertiary alicyclic amines) is 1. The fourth-order valence-corrected chi connectivity index (χ4v) is 4.32. The van der Waals surface area contributed by atoms with E-state index in [-0.39, 0.29) is 11.8 Å². The molecule has 0 atom stereocenters. The van der Waals surface area contributed by atoms with E-state index < -0.39 is 5.97 Å². The number of carboxylic acid groups (broad SMARTS) is 1. The largest absolute Gasteiger partial charge is 0.481 e. The van der Waals surface area contributed by atoms with E-state index in [9.17, 15) is 9.59 Å². The van der Waals surface area contributed by atoms with Crippen LogP contribution in [0.1, 0.15) is 28.1 Å². The monoisotopic (exact) mass is 363 g/mol. The molecule has 0 unspecified atom stereocenters. The highest BCUT2D eigenvalue weighted by Crippen LogP contribution is 2.34. The number of aryl methyl sites for hydroxylation is 1. The zero-order chi connectivity index (χ0) is 17.3. The first-order chi connectivity index (χ1) is 11.5. The lowest BCUT2D eigenvalue weighted by Crippen LogP contribution is -2.39. The van der Waals surface area contributed by atoms with Gasteiger partial charge >= 0.3 is 5.97 Å². The number of carbonyl (C=O) groups is 2. The van der Waals surface area contributed by atoms with Crippen molar-refractivity contribution in [3.05, 3.63) is 45.8 Å². The molecule has 1 amide bonds. The number of thiophene rings is 1. The number of piperidine rings is 1. The number of hydrogen-bond donors (Lipinski definition) is 1. The maximum atomic E-state index is 12.7. The van der Waals surface area contributed by atoms with E-state index in [0.29, 0.717) is 35.8 Å². The summed E-state index contributed by atoms with van der Waals surface area (Å²) in [6.45, 7) is 2.98. The van der Waals surface area contributed by atoms with Gasteiger partial charge in [-0.2, -0.15) is 0 Å². The summed E-state index contributed by atoms with van der Waals surface area (Å²) in [5.41, 5.74) is 2.06. The van der Waals surface area contributed by atoms with Crippen molar-refractivity contribution in [3.63, 3.8) is 0 Å². The predicted molar refractivity (Wildman–Crippen MR) is 95.8 cm³/mol. The summed E-state index contributed by atoms with van der Waals surface area (Å²) < 4.78 is 0. The van der Waals surface area contributed by atoms with Crippen LogP contribution >= 0.6 is 22.9 Å². The van der Waals surface area contributed by atoms with Crippen LogP contribution in [0, 0.1) is 12.8 Å². The molecule has 2 heterocycles. The Bertz CT molecular complexity index is 778. The summed E-state index contributed by atoms with van der Waals surface area (Å²) in [4.78, 5) is 27.2. The molecule has 126 valence electrons. The van der Waals surface area contributed by atoms with Gasteiger partial charge < -0.3 is 10.0 Å². The van der Waals surface area contributed by atoms with Crippen LogP contribution in [0.15, 0.2) is 30.3 Å². The minimum atomic E-state index is -0.766. The Morgan fingerprint density at radius 2 is 1.96 bits per heavy atom. The fraction of sp³-hybridized carbons (Fsp3) is 0.333. The van der Waals surface area contributed by atoms with Crippen molar-refractivity contribution < 1.29 is 14.7 Å². The number of carbonyl (C=O) groups excluding carboxylic acids is 1. The first-order valence-corrected chi connectivity index (χ1v) is 9.03. The van der Waals surface area contributed by atoms with Crippen LogP contribution < -0.4 is 0 Å². The van der Waals surface area contributed by atoms with Gasteiger partial charge in [0.2, 0.25) is 0 Å². The third-order valence-electron chi connectivity index (χ3n) is 4.35. The van der Waals surface area contributed by atoms with Gasteiger partial charge in [-0.25, -0.2) is 0 Å². The number of nitrogens with zero attached hydrogens (tertiary/aromatic N) is 1. The lowest BCUT2D eigenvalue weighted by molar-refractivity contribution is -0.143. The summed E-state index contributed by atoms with van der Waals surface area (Å²) in [6.07, 6.45) is 1.04. The SMILES string of the molecule is Cc1cc(C(=O)N2CCC(C(=O)O)CC2)sc1-c1cccc(Cl)c1. The topological polar surface area (TPSA) is 57.6 Å². The number of aliphatic carboxylic acids is 1. The third-order valence-corrected chi connectivity index (χ3v) is 5.86. The van der Waals surface area contributed by atoms with Crippen molar-refractivity contribution in [3.8, 4) is 10.4 Å². The average molecular weight is 364 g/mol. The molecule has 1 aromatic carbocycles. The molecule has 0 spiro atoms. The van der Waals surface area contributed by atoms with E-state index in [1.165, 1.54) is 11.3 Å². The maximum absolute atomic E-state index is 12.7. The number of benzene rings is 1. The molecule has 0 aliphatic carbocycles. The second kappa shape index (κ2) is 6.95. The molecule has 1 fully saturated rings. The molecular weight excluding hydrogens is 346 g/mol. The molecule has 6 heteroatoms. The first-order valence-electron chi connectivity index (χ1n) is 7.84. The van der Waals surface area contributed by atoms with Crippen LogP contribution in [0.2, 0.25) is 5.02 Å². The highest BCUT2D eigenvalue weighted by molar-refractivity contribution is 7.17. The van der Waals surface area contributed by atoms with Crippen LogP contribution in [-0.4, -0.2) is 35.0 Å². The minimum absolute atomic E-state index is 0.0137. The lowest BCUT2D eigenvalue weighted by Gasteiger charge is -2.29. The normalized spacial score (nSPS) is 15.5. The molecule has 1 aromatic heterocycles. The molecule has 2 aromatic rings. The summed E-state index contributed by atoms with van der Waals surface area (Å²) in [5, 5.41) is 9.73. The summed E-state index contributed by atoms with van der Waals surface area (Å²) in [5.74, 6) is -1.11. The van der Waals surface area contributed by atoms with Crippen molar-refractivity contribution in [1.29, 1.82) is 0 Å². The highest BCUT2D eigenvalue weighted by atomic mass is 35.5. The number of hydrogen-bond acceptors (Lipinski definition) is 3. The first kappa shape index (κ1) is 17.0. The zero-order valence-corrected chi connectivity index (χ0v) is 14.9. The second-order valence-electron chi connectivity index (χ2n) is 6.04. The van der Waals surface area contributed by atoms with Crippen LogP contribution in [-0.2, 0) is 4.79 Å². The van der Waals surface area contributed by atoms with E-state index in [1.807, 2.05) is 37.3 Å². The predicted octanol–water partition coefficient (Wildman–Crippen LogP) is 4.31. The van der Waals surface area contributed by atoms with Gasteiger partial charge in [0, 0.05) is 23.0 Å². The van der Waals surface area contributed by atoms with Crippen LogP contribution in [0.25, 0.3) is 10.4 Å². The van der Waals surface area contributed by atoms with E-state index >= 15 is 0 Å². The van der Waals surface area contributed by atoms with Gasteiger partial charge in [-0.15, -0.1) is 11.3 Å². The van der Waals surface area contributed by atoms with E-state index in [2.05, 4.69) is 0 Å². The molecular formula is C18H18ClNO3S. The zero-order valence-electron chi connectivity index (χ0n) is 13.3. The van der Waals surface area contributed by atoms with Crippen molar-refractivity contribution in [1.82, 2.24) is 4.90 Å². The quantitative estimate of drug-likeness (QED) is 0.883. The standard InChI is InChI=1S/C18H18ClNO3S/c1-11-9-15(24-16(11)13-3-2-4-14(19)10-13)17(21)20-7-5-12(6-8-20)18(22)23/h2-4,9-10,12H,5-8H2,1H3,(H,22,23). The van der Waals surface area contributed by atoms with E-state index in [4.69, 9.17) is 16.7 Å². The number of halogens is 1. The Kier molecular flexibility index (Phi) is 4.92. The van der Waals surface area contributed by atoms with E-state index in [1.54, 1.807) is 4.90 Å². The number of carboxylic acids is 1. The molecule has 1 aliphatic rings. The Morgan fingerprint density at radius 3 is 2.58 bits per heavy atom. The van der Waals surface area contributed by atoms with Gasteiger partial charge in [-0.3, -0.25) is 9.59 Å². The van der Waals surface area contributed by atoms with Gasteiger partial charge in [0.1, 0.15) is 0 Å². The second-order valence-corrected chi connectivity index (χ2v) is 7.53. The minimum Gasteiger partial charge on any atom is -0.481 e. The average Bonchev–Trinajstić information content (AvgIpc) is 2.96. The van der Waals surface area contributed by atoms with Gasteiger partial charge in [0.15, 0.2) is 0 Å². The fourth-order valence-electron chi connectivity index (χ4n) is 2.99. The molecule has 0 saturated carbocycles. The van der Waals surface area contributed by atoms with Crippen LogP contribution in [0.5, 0.6) is 0 Å². The Labute approximate surface area is 149 Å². The van der Waals surface area contributed by atoms with Crippen molar-refractivity contribution in [2.75, 3.05) is 13.1 Å². The van der Waals surface area contributed by atoms with E-state index in [0.717, 1.165) is 16.0 Å². The maximum Gasteiger partial charge on any atom is 0.306 e. The molecule has 3 rings (SSSR count). The molecule has 24 heavy (non-hydrogen) atoms. The number of amides is 1. The molecule has 1 aliphatic heterocycles. The summed E-state index contributed by atoms with van der Waals surface area (Å²) in [7, 11) is 0. The highest BCUT2D eigenvalue weighted by Gasteiger charge is 2.28. The van der Waals surface area contributed by atoms with Crippen LogP contribution in [0.4, 0.5) is 0 Å². The summed E-state index contributed by atoms with van der Waals surface area (Å²) >= 11 is 7.52. The van der Waals surface area contributed by atoms with Gasteiger partial charge in [0.05, 0.1) is 10.8 Å². The summed E-state index contributed by atoms with van der Waals surface area (Å²) in [6, 6.07) is 9.51. The van der Waals surface area contributed by atoms with Gasteiger partial charge in [-0.05, 0) is 49.1 Å². The Balaban J connectivity index is 1.77. The molecule has 0 radical (unpaired) electrons. The molecule has 1 saturated heterocycles. The van der Waals surface area contributed by atoms with Crippen molar-refractivity contribution in [2.45, 2.75) is 19.8 Å². The van der Waals surface area contributed by atoms with Crippen molar-refractivity contribution in [2.24, 2.45) is 5.92 Å². The Morgan fingerprint density at radius 1 is 1.25 bits per heavy atom. The van der Waals surface area contributed by atoms with Gasteiger partial charge in [-0.1, -0.05) is 23.7 Å². The molecule has 4 nitrogen and oxygen atoms in total. The van der Waals surface area contributed by atoms with Crippen LogP contribution in [0.3, 0.4) is 0 Å². The smallest absolute Gasteiger partial charge is 0.306 e. The number of rotatable bonds is 3. The van der Waals surface area contributed by atoms with Crippen molar-refractivity contribution >= 4 is 34.8 Å². The Hall–Kier alpha value is -1.85. The molecule has 0 bridgehead atoms. The lowest BCUT2D eigenvalue weighted by atomic mass is 9.97. The third kappa shape index (κ3) is 3.47. The van der Waals surface area contributed by atoms with Gasteiger partial charge in [0.25, 0.3) is 5.91 Å².